The van der Waals surface area contributed by atoms with Crippen LogP contribution >= 0.6 is 0 Å². The van der Waals surface area contributed by atoms with Gasteiger partial charge in [-0.1, -0.05) is 0 Å². The van der Waals surface area contributed by atoms with Gasteiger partial charge < -0.3 is 15.5 Å². The molecule has 5 nitrogen and oxygen atoms in total. The van der Waals surface area contributed by atoms with Gasteiger partial charge in [-0.25, -0.2) is 0 Å². The number of carbonyl (C=O) groups excluding carboxylic acids is 1. The number of nitrogens with two attached hydrogens (primary N) is 1. The highest BCUT2D eigenvalue weighted by Crippen LogP contribution is 2.19. The predicted molar refractivity (Wildman–Crippen MR) is 87.4 cm³/mol. The van der Waals surface area contributed by atoms with Gasteiger partial charge >= 0.3 is 0 Å². The van der Waals surface area contributed by atoms with Crippen molar-refractivity contribution < 1.29 is 4.79 Å². The first-order chi connectivity index (χ1) is 9.97. The van der Waals surface area contributed by atoms with Gasteiger partial charge in [0.2, 0.25) is 5.91 Å². The second-order valence-corrected chi connectivity index (χ2v) is 6.07. The number of hydrogen-bond acceptors (Lipinski definition) is 4. The van der Waals surface area contributed by atoms with Gasteiger partial charge in [0.1, 0.15) is 0 Å². The lowest BCUT2D eigenvalue weighted by atomic mass is 10.2. The second kappa shape index (κ2) is 6.91. The van der Waals surface area contributed by atoms with Crippen LogP contribution in [0.15, 0.2) is 24.3 Å². The first-order valence-corrected chi connectivity index (χ1v) is 7.48. The van der Waals surface area contributed by atoms with Crippen LogP contribution in [0, 0.1) is 0 Å². The molecule has 0 aliphatic carbocycles. The number of likely N-dealkylation sites (tertiary alicyclic amines) is 1. The number of rotatable bonds is 5. The van der Waals surface area contributed by atoms with Crippen molar-refractivity contribution in [2.45, 2.75) is 18.9 Å². The first kappa shape index (κ1) is 15.8. The van der Waals surface area contributed by atoms with Crippen molar-refractivity contribution in [1.82, 2.24) is 9.80 Å². The van der Waals surface area contributed by atoms with E-state index in [4.69, 9.17) is 5.73 Å². The zero-order chi connectivity index (χ0) is 15.4. The summed E-state index contributed by atoms with van der Waals surface area (Å²) < 4.78 is 0. The molecule has 2 N–H and O–H groups in total. The van der Waals surface area contributed by atoms with Crippen LogP contribution in [-0.2, 0) is 4.79 Å². The van der Waals surface area contributed by atoms with Crippen LogP contribution in [0.5, 0.6) is 0 Å². The van der Waals surface area contributed by atoms with Gasteiger partial charge in [0.15, 0.2) is 0 Å². The van der Waals surface area contributed by atoms with Crippen LogP contribution in [0.2, 0.25) is 0 Å². The number of benzene rings is 1. The van der Waals surface area contributed by atoms with Crippen molar-refractivity contribution >= 4 is 17.3 Å². The Balaban J connectivity index is 1.95. The number of likely N-dealkylation sites (N-methyl/N-ethyl adjacent to an activating group) is 2. The van der Waals surface area contributed by atoms with E-state index >= 15 is 0 Å². The third kappa shape index (κ3) is 4.19. The Bertz CT molecular complexity index is 472. The highest BCUT2D eigenvalue weighted by Gasteiger charge is 2.27. The molecule has 2 rings (SSSR count). The standard InChI is InChI=1S/C16H26N4O/c1-18(2)11-15-5-4-10-20(15)12-16(21)19(3)14-8-6-13(17)7-9-14/h6-9,15H,4-5,10-12,17H2,1-3H3. The number of hydrogen-bond donors (Lipinski definition) is 1. The van der Waals surface area contributed by atoms with E-state index in [2.05, 4.69) is 23.9 Å². The Morgan fingerprint density at radius 2 is 1.95 bits per heavy atom. The summed E-state index contributed by atoms with van der Waals surface area (Å²) >= 11 is 0. The molecule has 1 aromatic carbocycles. The van der Waals surface area contributed by atoms with Crippen molar-refractivity contribution in [3.63, 3.8) is 0 Å². The minimum absolute atomic E-state index is 0.130. The molecule has 0 aromatic heterocycles. The van der Waals surface area contributed by atoms with E-state index in [1.54, 1.807) is 4.90 Å². The van der Waals surface area contributed by atoms with Crippen LogP contribution < -0.4 is 10.6 Å². The third-order valence-corrected chi connectivity index (χ3v) is 4.07. The molecule has 1 atom stereocenters. The molecule has 0 spiro atoms. The van der Waals surface area contributed by atoms with Gasteiger partial charge in [0.05, 0.1) is 6.54 Å². The largest absolute Gasteiger partial charge is 0.399 e. The van der Waals surface area contributed by atoms with Gasteiger partial charge in [-0.05, 0) is 57.7 Å². The fourth-order valence-corrected chi connectivity index (χ4v) is 2.85. The van der Waals surface area contributed by atoms with E-state index in [1.807, 2.05) is 31.3 Å². The molecule has 1 unspecified atom stereocenters. The molecule has 1 heterocycles. The van der Waals surface area contributed by atoms with E-state index in [-0.39, 0.29) is 5.91 Å². The fourth-order valence-electron chi connectivity index (χ4n) is 2.85. The fraction of sp³-hybridized carbons (Fsp3) is 0.562. The summed E-state index contributed by atoms with van der Waals surface area (Å²) in [6, 6.07) is 7.90. The Morgan fingerprint density at radius 1 is 1.29 bits per heavy atom. The number of nitrogen functional groups attached to an aromatic ring is 1. The van der Waals surface area contributed by atoms with Crippen molar-refractivity contribution in [1.29, 1.82) is 0 Å². The zero-order valence-corrected chi connectivity index (χ0v) is 13.2. The molecule has 116 valence electrons. The quantitative estimate of drug-likeness (QED) is 0.830. The molecule has 1 amide bonds. The van der Waals surface area contributed by atoms with Gasteiger partial charge in [-0.3, -0.25) is 9.69 Å². The van der Waals surface area contributed by atoms with Crippen molar-refractivity contribution in [3.05, 3.63) is 24.3 Å². The van der Waals surface area contributed by atoms with Gasteiger partial charge in [-0.15, -0.1) is 0 Å². The maximum absolute atomic E-state index is 12.5. The van der Waals surface area contributed by atoms with E-state index in [1.165, 1.54) is 12.8 Å². The zero-order valence-electron chi connectivity index (χ0n) is 13.2. The Hall–Kier alpha value is -1.59. The first-order valence-electron chi connectivity index (χ1n) is 7.48. The maximum atomic E-state index is 12.5. The maximum Gasteiger partial charge on any atom is 0.240 e. The minimum atomic E-state index is 0.130. The van der Waals surface area contributed by atoms with Crippen molar-refractivity contribution in [2.75, 3.05) is 51.4 Å². The molecule has 21 heavy (non-hydrogen) atoms. The Kier molecular flexibility index (Phi) is 5.20. The lowest BCUT2D eigenvalue weighted by molar-refractivity contribution is -0.119. The monoisotopic (exact) mass is 290 g/mol. The van der Waals surface area contributed by atoms with Gasteiger partial charge in [0.25, 0.3) is 0 Å². The average molecular weight is 290 g/mol. The lowest BCUT2D eigenvalue weighted by Gasteiger charge is -2.28. The lowest BCUT2D eigenvalue weighted by Crippen LogP contribution is -2.44. The second-order valence-electron chi connectivity index (χ2n) is 6.07. The molecule has 1 aliphatic heterocycles. The van der Waals surface area contributed by atoms with Crippen LogP contribution in [0.4, 0.5) is 11.4 Å². The predicted octanol–water partition coefficient (Wildman–Crippen LogP) is 1.26. The number of nitrogens with zero attached hydrogens (tertiary/aromatic N) is 3. The normalized spacial score (nSPS) is 19.1. The summed E-state index contributed by atoms with van der Waals surface area (Å²) in [4.78, 5) is 18.7. The summed E-state index contributed by atoms with van der Waals surface area (Å²) in [5.41, 5.74) is 7.28. The molecule has 1 aliphatic rings. The van der Waals surface area contributed by atoms with Crippen molar-refractivity contribution in [3.8, 4) is 0 Å². The third-order valence-electron chi connectivity index (χ3n) is 4.07. The molecule has 1 saturated heterocycles. The highest BCUT2D eigenvalue weighted by molar-refractivity contribution is 5.94. The van der Waals surface area contributed by atoms with Crippen LogP contribution in [0.25, 0.3) is 0 Å². The van der Waals surface area contributed by atoms with E-state index in [9.17, 15) is 4.79 Å². The average Bonchev–Trinajstić information content (AvgIpc) is 2.85. The molecule has 0 radical (unpaired) electrons. The molecular formula is C16H26N4O. The Labute approximate surface area is 127 Å². The topological polar surface area (TPSA) is 52.8 Å². The minimum Gasteiger partial charge on any atom is -0.399 e. The smallest absolute Gasteiger partial charge is 0.240 e. The summed E-state index contributed by atoms with van der Waals surface area (Å²) in [7, 11) is 5.99. The molecule has 0 saturated carbocycles. The van der Waals surface area contributed by atoms with E-state index in [0.29, 0.717) is 18.3 Å². The molecule has 5 heteroatoms. The number of anilines is 2. The molecular weight excluding hydrogens is 264 g/mol. The van der Waals surface area contributed by atoms with E-state index in [0.717, 1.165) is 18.8 Å². The molecule has 1 aromatic rings. The SMILES string of the molecule is CN(C)CC1CCCN1CC(=O)N(C)c1ccc(N)cc1. The summed E-state index contributed by atoms with van der Waals surface area (Å²) in [6.45, 7) is 2.51. The number of carbonyl (C=O) groups is 1. The number of amides is 1. The Morgan fingerprint density at radius 3 is 2.57 bits per heavy atom. The van der Waals surface area contributed by atoms with Crippen LogP contribution in [0.3, 0.4) is 0 Å². The summed E-state index contributed by atoms with van der Waals surface area (Å²) in [5.74, 6) is 0.130. The van der Waals surface area contributed by atoms with Crippen LogP contribution in [0.1, 0.15) is 12.8 Å². The van der Waals surface area contributed by atoms with Gasteiger partial charge in [-0.2, -0.15) is 0 Å². The highest BCUT2D eigenvalue weighted by atomic mass is 16.2. The van der Waals surface area contributed by atoms with Crippen LogP contribution in [-0.4, -0.2) is 62.5 Å². The molecule has 1 fully saturated rings. The summed E-state index contributed by atoms with van der Waals surface area (Å²) in [5, 5.41) is 0. The van der Waals surface area contributed by atoms with E-state index < -0.39 is 0 Å². The van der Waals surface area contributed by atoms with Gasteiger partial charge in [0, 0.05) is 31.0 Å². The molecule has 0 bridgehead atoms. The summed E-state index contributed by atoms with van der Waals surface area (Å²) in [6.07, 6.45) is 2.36. The van der Waals surface area contributed by atoms with Crippen molar-refractivity contribution in [2.24, 2.45) is 0 Å².